The highest BCUT2D eigenvalue weighted by Gasteiger charge is 2.40. The molecular weight excluding hydrogens is 476 g/mol. The number of benzene rings is 2. The average Bonchev–Trinajstić information content (AvgIpc) is 3.28. The Labute approximate surface area is 184 Å². The molecule has 2 aliphatic carbocycles. The van der Waals surface area contributed by atoms with Crippen molar-refractivity contribution in [2.45, 2.75) is 37.0 Å². The number of carbonyl (C=O) groups excluding carboxylic acids is 1. The first kappa shape index (κ1) is 20.7. The third kappa shape index (κ3) is 4.78. The minimum absolute atomic E-state index is 0.0696. The molecule has 2 aliphatic rings. The molecule has 2 N–H and O–H groups in total. The van der Waals surface area contributed by atoms with Crippen LogP contribution in [-0.2, 0) is 14.8 Å². The van der Waals surface area contributed by atoms with E-state index in [4.69, 9.17) is 11.6 Å². The number of nitrogens with one attached hydrogen (secondary N) is 2. The van der Waals surface area contributed by atoms with Gasteiger partial charge in [-0.1, -0.05) is 34.0 Å². The second-order valence-corrected chi connectivity index (χ2v) is 10.9. The lowest BCUT2D eigenvalue weighted by Crippen LogP contribution is -2.20. The minimum Gasteiger partial charge on any atom is -0.326 e. The minimum atomic E-state index is -3.89. The summed E-state index contributed by atoms with van der Waals surface area (Å²) in [5.74, 6) is 1.83. The van der Waals surface area contributed by atoms with Gasteiger partial charge in [0.05, 0.1) is 5.02 Å². The third-order valence-corrected chi connectivity index (χ3v) is 8.32. The molecule has 0 saturated heterocycles. The van der Waals surface area contributed by atoms with Gasteiger partial charge in [-0.05, 0) is 79.5 Å². The fraction of sp³-hybridized carbons (Fsp3) is 0.381. The zero-order valence-corrected chi connectivity index (χ0v) is 18.9. The molecule has 29 heavy (non-hydrogen) atoms. The number of carbonyl (C=O) groups is 1. The summed E-state index contributed by atoms with van der Waals surface area (Å²) in [5, 5.41) is 2.94. The lowest BCUT2D eigenvalue weighted by Gasteiger charge is -2.21. The highest BCUT2D eigenvalue weighted by atomic mass is 79.9. The molecule has 0 spiro atoms. The van der Waals surface area contributed by atoms with Crippen molar-refractivity contribution < 1.29 is 13.2 Å². The average molecular weight is 498 g/mol. The maximum atomic E-state index is 12.8. The zero-order chi connectivity index (χ0) is 20.6. The van der Waals surface area contributed by atoms with E-state index in [0.29, 0.717) is 29.6 Å². The third-order valence-electron chi connectivity index (χ3n) is 5.93. The second-order valence-electron chi connectivity index (χ2n) is 7.94. The Balaban J connectivity index is 1.46. The standard InChI is InChI=1S/C21H22BrClN2O3S/c22-16-3-5-17(6-4-16)25-29(27,28)20-12-18(7-8-19(20)23)24-21(26)11-15-10-13-1-2-14(15)9-13/h3-8,12-15,25H,1-2,9-11H2,(H,24,26)/t13-,14-,15+/m0/s1. The summed E-state index contributed by atoms with van der Waals surface area (Å²) in [5.41, 5.74) is 0.855. The fourth-order valence-corrected chi connectivity index (χ4v) is 6.44. The molecule has 2 saturated carbocycles. The summed E-state index contributed by atoms with van der Waals surface area (Å²) in [6.07, 6.45) is 5.40. The van der Waals surface area contributed by atoms with E-state index in [-0.39, 0.29) is 15.8 Å². The monoisotopic (exact) mass is 496 g/mol. The Bertz CT molecular complexity index is 1030. The van der Waals surface area contributed by atoms with Crippen molar-refractivity contribution in [3.8, 4) is 0 Å². The van der Waals surface area contributed by atoms with Crippen LogP contribution in [-0.4, -0.2) is 14.3 Å². The summed E-state index contributed by atoms with van der Waals surface area (Å²) < 4.78 is 28.9. The molecule has 2 aromatic rings. The van der Waals surface area contributed by atoms with Gasteiger partial charge in [0, 0.05) is 22.3 Å². The van der Waals surface area contributed by atoms with E-state index in [1.807, 2.05) is 0 Å². The van der Waals surface area contributed by atoms with Gasteiger partial charge < -0.3 is 5.32 Å². The van der Waals surface area contributed by atoms with Gasteiger partial charge in [-0.25, -0.2) is 8.42 Å². The highest BCUT2D eigenvalue weighted by molar-refractivity contribution is 9.10. The number of rotatable bonds is 6. The van der Waals surface area contributed by atoms with Crippen molar-refractivity contribution in [2.75, 3.05) is 10.0 Å². The molecule has 3 atom stereocenters. The van der Waals surface area contributed by atoms with Crippen molar-refractivity contribution >= 4 is 54.8 Å². The lowest BCUT2D eigenvalue weighted by molar-refractivity contribution is -0.117. The van der Waals surface area contributed by atoms with Crippen LogP contribution in [0, 0.1) is 17.8 Å². The summed E-state index contributed by atoms with van der Waals surface area (Å²) in [4.78, 5) is 12.4. The zero-order valence-electron chi connectivity index (χ0n) is 15.7. The Morgan fingerprint density at radius 2 is 1.79 bits per heavy atom. The van der Waals surface area contributed by atoms with E-state index in [1.165, 1.54) is 31.4 Å². The molecule has 1 amide bonds. The maximum absolute atomic E-state index is 12.8. The van der Waals surface area contributed by atoms with Crippen LogP contribution in [0.2, 0.25) is 5.02 Å². The number of amides is 1. The summed E-state index contributed by atoms with van der Waals surface area (Å²) in [6, 6.07) is 11.3. The van der Waals surface area contributed by atoms with Crippen LogP contribution < -0.4 is 10.0 Å². The smallest absolute Gasteiger partial charge is 0.263 e. The largest absolute Gasteiger partial charge is 0.326 e. The number of hydrogen-bond donors (Lipinski definition) is 2. The molecule has 2 fully saturated rings. The number of anilines is 2. The molecule has 0 aliphatic heterocycles. The number of fused-ring (bicyclic) bond motifs is 2. The molecule has 0 radical (unpaired) electrons. The van der Waals surface area contributed by atoms with Gasteiger partial charge in [0.2, 0.25) is 5.91 Å². The van der Waals surface area contributed by atoms with Crippen molar-refractivity contribution in [3.63, 3.8) is 0 Å². The highest BCUT2D eigenvalue weighted by Crippen LogP contribution is 2.49. The van der Waals surface area contributed by atoms with Crippen molar-refractivity contribution in [1.29, 1.82) is 0 Å². The number of hydrogen-bond acceptors (Lipinski definition) is 3. The van der Waals surface area contributed by atoms with Crippen LogP contribution in [0.5, 0.6) is 0 Å². The van der Waals surface area contributed by atoms with Crippen LogP contribution in [0.15, 0.2) is 51.8 Å². The maximum Gasteiger partial charge on any atom is 0.263 e. The summed E-state index contributed by atoms with van der Waals surface area (Å²) >= 11 is 9.47. The van der Waals surface area contributed by atoms with Crippen molar-refractivity contribution in [1.82, 2.24) is 0 Å². The van der Waals surface area contributed by atoms with E-state index in [9.17, 15) is 13.2 Å². The Morgan fingerprint density at radius 3 is 2.45 bits per heavy atom. The first-order valence-corrected chi connectivity index (χ1v) is 12.3. The number of sulfonamides is 1. The molecular formula is C21H22BrClN2O3S. The van der Waals surface area contributed by atoms with Crippen LogP contribution in [0.25, 0.3) is 0 Å². The van der Waals surface area contributed by atoms with Gasteiger partial charge in [0.25, 0.3) is 10.0 Å². The quantitative estimate of drug-likeness (QED) is 0.540. The second kappa shape index (κ2) is 8.28. The fourth-order valence-electron chi connectivity index (χ4n) is 4.59. The Kier molecular flexibility index (Phi) is 5.91. The molecule has 0 aromatic heterocycles. The molecule has 0 unspecified atom stereocenters. The molecule has 8 heteroatoms. The van der Waals surface area contributed by atoms with Crippen LogP contribution in [0.4, 0.5) is 11.4 Å². The Morgan fingerprint density at radius 1 is 1.07 bits per heavy atom. The van der Waals surface area contributed by atoms with E-state index >= 15 is 0 Å². The lowest BCUT2D eigenvalue weighted by atomic mass is 9.86. The summed E-state index contributed by atoms with van der Waals surface area (Å²) in [6.45, 7) is 0. The first-order chi connectivity index (χ1) is 13.8. The van der Waals surface area contributed by atoms with E-state index in [0.717, 1.165) is 16.8 Å². The molecule has 154 valence electrons. The van der Waals surface area contributed by atoms with E-state index < -0.39 is 10.0 Å². The van der Waals surface area contributed by atoms with Crippen molar-refractivity contribution in [3.05, 3.63) is 52.0 Å². The first-order valence-electron chi connectivity index (χ1n) is 9.68. The van der Waals surface area contributed by atoms with Gasteiger partial charge in [-0.15, -0.1) is 0 Å². The van der Waals surface area contributed by atoms with Gasteiger partial charge >= 0.3 is 0 Å². The van der Waals surface area contributed by atoms with E-state index in [2.05, 4.69) is 26.0 Å². The Hall–Kier alpha value is -1.57. The molecule has 2 bridgehead atoms. The van der Waals surface area contributed by atoms with Gasteiger partial charge in [0.1, 0.15) is 4.90 Å². The normalized spacial score (nSPS) is 23.2. The molecule has 4 rings (SSSR count). The van der Waals surface area contributed by atoms with Gasteiger partial charge in [-0.3, -0.25) is 9.52 Å². The van der Waals surface area contributed by atoms with Crippen LogP contribution in [0.1, 0.15) is 32.1 Å². The molecule has 0 heterocycles. The molecule has 5 nitrogen and oxygen atoms in total. The SMILES string of the molecule is O=C(C[C@H]1C[C@H]2CC[C@H]1C2)Nc1ccc(Cl)c(S(=O)(=O)Nc2ccc(Br)cc2)c1. The predicted molar refractivity (Wildman–Crippen MR) is 119 cm³/mol. The molecule has 2 aromatic carbocycles. The number of halogens is 2. The van der Waals surface area contributed by atoms with E-state index in [1.54, 1.807) is 30.3 Å². The van der Waals surface area contributed by atoms with Crippen LogP contribution >= 0.6 is 27.5 Å². The predicted octanol–water partition coefficient (Wildman–Crippen LogP) is 5.67. The summed E-state index contributed by atoms with van der Waals surface area (Å²) in [7, 11) is -3.89. The van der Waals surface area contributed by atoms with Crippen molar-refractivity contribution in [2.24, 2.45) is 17.8 Å². The van der Waals surface area contributed by atoms with Gasteiger partial charge in [0.15, 0.2) is 0 Å². The van der Waals surface area contributed by atoms with Crippen LogP contribution in [0.3, 0.4) is 0 Å². The topological polar surface area (TPSA) is 75.3 Å². The van der Waals surface area contributed by atoms with Gasteiger partial charge in [-0.2, -0.15) is 0 Å².